The van der Waals surface area contributed by atoms with Crippen LogP contribution in [0.2, 0.25) is 0 Å². The minimum Gasteiger partial charge on any atom is -0.497 e. The topological polar surface area (TPSA) is 35.3 Å². The predicted molar refractivity (Wildman–Crippen MR) is 73.0 cm³/mol. The van der Waals surface area contributed by atoms with Crippen molar-refractivity contribution in [1.29, 1.82) is 0 Å². The number of ether oxygens (including phenoxy) is 1. The largest absolute Gasteiger partial charge is 0.497 e. The molecule has 2 aromatic rings. The summed E-state index contributed by atoms with van der Waals surface area (Å²) in [5.74, 6) is 1.63. The maximum absolute atomic E-state index is 5.73. The Bertz CT molecular complexity index is 523. The molecule has 0 atom stereocenters. The molecule has 0 saturated carbocycles. The molecule has 0 amide bonds. The Balaban J connectivity index is 2.06. The van der Waals surface area contributed by atoms with Gasteiger partial charge in [0.15, 0.2) is 11.5 Å². The molecule has 18 heavy (non-hydrogen) atoms. The minimum atomic E-state index is 0.370. The summed E-state index contributed by atoms with van der Waals surface area (Å²) >= 11 is 0. The number of rotatable bonds is 4. The van der Waals surface area contributed by atoms with Crippen molar-refractivity contribution < 1.29 is 9.15 Å². The van der Waals surface area contributed by atoms with Gasteiger partial charge in [-0.2, -0.15) is 0 Å². The molecule has 0 saturated heterocycles. The van der Waals surface area contributed by atoms with E-state index in [0.29, 0.717) is 5.41 Å². The van der Waals surface area contributed by atoms with Crippen molar-refractivity contribution in [2.24, 2.45) is 5.41 Å². The van der Waals surface area contributed by atoms with Crippen LogP contribution >= 0.6 is 0 Å². The Hall–Kier alpha value is -1.51. The van der Waals surface area contributed by atoms with Gasteiger partial charge in [0.05, 0.1) is 7.11 Å². The molecule has 1 aromatic heterocycles. The van der Waals surface area contributed by atoms with Crippen LogP contribution in [0.5, 0.6) is 5.75 Å². The molecule has 0 radical (unpaired) electrons. The van der Waals surface area contributed by atoms with Gasteiger partial charge in [-0.1, -0.05) is 20.8 Å². The second-order valence-corrected chi connectivity index (χ2v) is 5.86. The molecule has 2 rings (SSSR count). The molecule has 0 aliphatic carbocycles. The number of hydrogen-bond acceptors (Lipinski definition) is 3. The van der Waals surface area contributed by atoms with E-state index in [2.05, 4.69) is 25.8 Å². The van der Waals surface area contributed by atoms with Gasteiger partial charge < -0.3 is 9.15 Å². The van der Waals surface area contributed by atoms with Crippen LogP contribution in [0, 0.1) is 5.41 Å². The maximum atomic E-state index is 5.73. The Kier molecular flexibility index (Phi) is 3.60. The number of oxazole rings is 1. The van der Waals surface area contributed by atoms with Crippen LogP contribution in [-0.2, 0) is 6.42 Å². The molecule has 0 aliphatic rings. The molecule has 98 valence electrons. The Morgan fingerprint density at radius 3 is 2.72 bits per heavy atom. The fourth-order valence-corrected chi connectivity index (χ4v) is 1.96. The first-order valence-electron chi connectivity index (χ1n) is 6.41. The van der Waals surface area contributed by atoms with Crippen LogP contribution in [0.1, 0.15) is 39.5 Å². The summed E-state index contributed by atoms with van der Waals surface area (Å²) in [5, 5.41) is 0. The number of fused-ring (bicyclic) bond motifs is 1. The van der Waals surface area contributed by atoms with Gasteiger partial charge in [0.2, 0.25) is 0 Å². The molecule has 3 heteroatoms. The molecule has 0 aliphatic heterocycles. The third-order valence-electron chi connectivity index (χ3n) is 2.96. The van der Waals surface area contributed by atoms with E-state index < -0.39 is 0 Å². The van der Waals surface area contributed by atoms with E-state index in [9.17, 15) is 0 Å². The third kappa shape index (κ3) is 3.25. The van der Waals surface area contributed by atoms with Crippen molar-refractivity contribution in [1.82, 2.24) is 4.98 Å². The van der Waals surface area contributed by atoms with Crippen molar-refractivity contribution in [2.75, 3.05) is 7.11 Å². The van der Waals surface area contributed by atoms with E-state index in [1.165, 1.54) is 6.42 Å². The van der Waals surface area contributed by atoms with Gasteiger partial charge in [0.1, 0.15) is 11.3 Å². The van der Waals surface area contributed by atoms with Crippen LogP contribution in [0.3, 0.4) is 0 Å². The zero-order valence-corrected chi connectivity index (χ0v) is 11.6. The lowest BCUT2D eigenvalue weighted by molar-refractivity contribution is 0.357. The number of aryl methyl sites for hydroxylation is 1. The molecule has 1 aromatic carbocycles. The van der Waals surface area contributed by atoms with Crippen molar-refractivity contribution >= 4 is 11.1 Å². The van der Waals surface area contributed by atoms with Gasteiger partial charge in [-0.3, -0.25) is 0 Å². The van der Waals surface area contributed by atoms with E-state index in [0.717, 1.165) is 35.6 Å². The molecule has 1 heterocycles. The van der Waals surface area contributed by atoms with Crippen molar-refractivity contribution in [2.45, 2.75) is 40.0 Å². The molecule has 0 N–H and O–H groups in total. The highest BCUT2D eigenvalue weighted by atomic mass is 16.5. The number of aromatic nitrogens is 1. The quantitative estimate of drug-likeness (QED) is 0.812. The van der Waals surface area contributed by atoms with Crippen LogP contribution < -0.4 is 4.74 Å². The minimum absolute atomic E-state index is 0.370. The third-order valence-corrected chi connectivity index (χ3v) is 2.96. The van der Waals surface area contributed by atoms with Crippen LogP contribution in [0.4, 0.5) is 0 Å². The number of benzene rings is 1. The van der Waals surface area contributed by atoms with Crippen molar-refractivity contribution in [3.63, 3.8) is 0 Å². The monoisotopic (exact) mass is 247 g/mol. The first-order chi connectivity index (χ1) is 8.48. The van der Waals surface area contributed by atoms with Gasteiger partial charge >= 0.3 is 0 Å². The number of methoxy groups -OCH3 is 1. The Labute approximate surface area is 108 Å². The second-order valence-electron chi connectivity index (χ2n) is 5.86. The summed E-state index contributed by atoms with van der Waals surface area (Å²) in [5.41, 5.74) is 2.08. The molecule has 0 unspecified atom stereocenters. The van der Waals surface area contributed by atoms with Crippen LogP contribution in [0.15, 0.2) is 22.6 Å². The Morgan fingerprint density at radius 2 is 2.06 bits per heavy atom. The highest BCUT2D eigenvalue weighted by molar-refractivity contribution is 5.74. The normalized spacial score (nSPS) is 12.0. The van der Waals surface area contributed by atoms with E-state index in [4.69, 9.17) is 9.15 Å². The summed E-state index contributed by atoms with van der Waals surface area (Å²) in [6.45, 7) is 6.76. The first-order valence-corrected chi connectivity index (χ1v) is 6.41. The second kappa shape index (κ2) is 5.01. The van der Waals surface area contributed by atoms with E-state index in [-0.39, 0.29) is 0 Å². The molecule has 0 bridgehead atoms. The van der Waals surface area contributed by atoms with Crippen molar-refractivity contribution in [3.05, 3.63) is 24.1 Å². The molecule has 3 nitrogen and oxygen atoms in total. The average molecular weight is 247 g/mol. The number of nitrogens with zero attached hydrogens (tertiary/aromatic N) is 1. The van der Waals surface area contributed by atoms with E-state index >= 15 is 0 Å². The highest BCUT2D eigenvalue weighted by Gasteiger charge is 2.11. The molecular weight excluding hydrogens is 226 g/mol. The van der Waals surface area contributed by atoms with Gasteiger partial charge in [-0.25, -0.2) is 4.98 Å². The predicted octanol–water partition coefficient (Wildman–Crippen LogP) is 4.21. The summed E-state index contributed by atoms with van der Waals surface area (Å²) < 4.78 is 10.9. The first kappa shape index (κ1) is 12.9. The lowest BCUT2D eigenvalue weighted by Crippen LogP contribution is -2.04. The van der Waals surface area contributed by atoms with E-state index in [1.807, 2.05) is 18.2 Å². The van der Waals surface area contributed by atoms with Crippen LogP contribution in [-0.4, -0.2) is 12.1 Å². The summed E-state index contributed by atoms with van der Waals surface area (Å²) in [6, 6.07) is 5.73. The van der Waals surface area contributed by atoms with Crippen LogP contribution in [0.25, 0.3) is 11.1 Å². The molecule has 0 fully saturated rings. The fourth-order valence-electron chi connectivity index (χ4n) is 1.96. The fraction of sp³-hybridized carbons (Fsp3) is 0.533. The smallest absolute Gasteiger partial charge is 0.195 e. The highest BCUT2D eigenvalue weighted by Crippen LogP contribution is 2.24. The van der Waals surface area contributed by atoms with Gasteiger partial charge in [0, 0.05) is 12.5 Å². The zero-order chi connectivity index (χ0) is 13.2. The van der Waals surface area contributed by atoms with E-state index in [1.54, 1.807) is 7.11 Å². The Morgan fingerprint density at radius 1 is 1.28 bits per heavy atom. The SMILES string of the molecule is COc1ccc2nc(CCCC(C)(C)C)oc2c1. The molecule has 0 spiro atoms. The van der Waals surface area contributed by atoms with Gasteiger partial charge in [-0.05, 0) is 30.4 Å². The van der Waals surface area contributed by atoms with Crippen molar-refractivity contribution in [3.8, 4) is 5.75 Å². The van der Waals surface area contributed by atoms with Gasteiger partial charge in [-0.15, -0.1) is 0 Å². The maximum Gasteiger partial charge on any atom is 0.195 e. The summed E-state index contributed by atoms with van der Waals surface area (Å²) in [7, 11) is 1.65. The molecular formula is C15H21NO2. The summed E-state index contributed by atoms with van der Waals surface area (Å²) in [6.07, 6.45) is 3.18. The van der Waals surface area contributed by atoms with Gasteiger partial charge in [0.25, 0.3) is 0 Å². The average Bonchev–Trinajstić information content (AvgIpc) is 2.68. The lowest BCUT2D eigenvalue weighted by Gasteiger charge is -2.16. The number of hydrogen-bond donors (Lipinski definition) is 0. The lowest BCUT2D eigenvalue weighted by atomic mass is 9.90. The summed E-state index contributed by atoms with van der Waals surface area (Å²) in [4.78, 5) is 4.49. The standard InChI is InChI=1S/C15H21NO2/c1-15(2,3)9-5-6-14-16-12-8-7-11(17-4)10-13(12)18-14/h7-8,10H,5-6,9H2,1-4H3. The zero-order valence-electron chi connectivity index (χ0n) is 11.6.